The Balaban J connectivity index is 1.61. The molecule has 0 unspecified atom stereocenters. The summed E-state index contributed by atoms with van der Waals surface area (Å²) >= 11 is 0. The van der Waals surface area contributed by atoms with E-state index in [0.717, 1.165) is 16.7 Å². The lowest BCUT2D eigenvalue weighted by molar-refractivity contribution is -0.186. The minimum atomic E-state index is -1.17. The molecule has 0 aliphatic carbocycles. The van der Waals surface area contributed by atoms with Crippen molar-refractivity contribution in [1.82, 2.24) is 15.3 Å². The topological polar surface area (TPSA) is 81.2 Å². The molecule has 1 heterocycles. The Morgan fingerprint density at radius 2 is 1.38 bits per heavy atom. The molecule has 0 radical (unpaired) electrons. The van der Waals surface area contributed by atoms with Gasteiger partial charge in [-0.2, -0.15) is 0 Å². The van der Waals surface area contributed by atoms with Gasteiger partial charge in [-0.05, 0) is 18.4 Å². The maximum atomic E-state index is 13.0. The van der Waals surface area contributed by atoms with Gasteiger partial charge < -0.3 is 5.32 Å². The van der Waals surface area contributed by atoms with Gasteiger partial charge in [0, 0.05) is 15.7 Å². The van der Waals surface area contributed by atoms with Crippen molar-refractivity contribution in [3.05, 3.63) is 108 Å². The Labute approximate surface area is 196 Å². The summed E-state index contributed by atoms with van der Waals surface area (Å²) < 4.78 is 12.7. The van der Waals surface area contributed by atoms with Crippen LogP contribution in [0.15, 0.2) is 97.2 Å². The van der Waals surface area contributed by atoms with Crippen LogP contribution in [0, 0.1) is 0 Å². The second-order valence-corrected chi connectivity index (χ2v) is 7.63. The van der Waals surface area contributed by atoms with Crippen molar-refractivity contribution >= 4 is 11.9 Å². The Bertz CT molecular complexity index is 1250. The van der Waals surface area contributed by atoms with Gasteiger partial charge in [-0.25, -0.2) is 9.78 Å². The molecule has 6 nitrogen and oxygen atoms in total. The van der Waals surface area contributed by atoms with Crippen LogP contribution in [-0.4, -0.2) is 27.9 Å². The fourth-order valence-electron chi connectivity index (χ4n) is 3.59. The number of rotatable bonds is 8. The standard InChI is InChI=1S/C27H22FN3O3/c28-34-27(33)22(17-16-19-10-4-1-5-11-19)31-26(32)23-18-29-24(20-12-6-2-7-13-20)25(30-23)21-14-8-3-9-15-21/h1-15,18,22H,16-17H2,(H,31,32)/t22-/m0/s1. The number of hydrogen-bond donors (Lipinski definition) is 1. The predicted molar refractivity (Wildman–Crippen MR) is 126 cm³/mol. The molecule has 0 saturated heterocycles. The van der Waals surface area contributed by atoms with Gasteiger partial charge in [-0.1, -0.05) is 91.0 Å². The number of nitrogens with one attached hydrogen (secondary N) is 1. The van der Waals surface area contributed by atoms with Crippen molar-refractivity contribution in [1.29, 1.82) is 0 Å². The molecule has 7 heteroatoms. The van der Waals surface area contributed by atoms with Gasteiger partial charge in [0.05, 0.1) is 17.6 Å². The molecule has 1 atom stereocenters. The number of benzene rings is 3. The van der Waals surface area contributed by atoms with Gasteiger partial charge in [0.15, 0.2) is 0 Å². The quantitative estimate of drug-likeness (QED) is 0.406. The van der Waals surface area contributed by atoms with Crippen LogP contribution in [-0.2, 0) is 16.2 Å². The number of hydrogen-bond acceptors (Lipinski definition) is 5. The minimum absolute atomic E-state index is 0.00917. The van der Waals surface area contributed by atoms with Crippen molar-refractivity contribution in [3.8, 4) is 22.5 Å². The van der Waals surface area contributed by atoms with E-state index < -0.39 is 17.9 Å². The first-order valence-electron chi connectivity index (χ1n) is 10.8. The number of carbonyl (C=O) groups is 2. The van der Waals surface area contributed by atoms with Crippen LogP contribution in [0.3, 0.4) is 0 Å². The first-order valence-corrected chi connectivity index (χ1v) is 10.8. The molecule has 3 aromatic carbocycles. The number of carbonyl (C=O) groups excluding carboxylic acids is 2. The van der Waals surface area contributed by atoms with Crippen LogP contribution in [0.5, 0.6) is 0 Å². The third kappa shape index (κ3) is 5.50. The maximum Gasteiger partial charge on any atom is 0.370 e. The fourth-order valence-corrected chi connectivity index (χ4v) is 3.59. The molecule has 0 aliphatic rings. The van der Waals surface area contributed by atoms with Crippen LogP contribution < -0.4 is 5.32 Å². The van der Waals surface area contributed by atoms with Gasteiger partial charge in [0.2, 0.25) is 0 Å². The molecule has 34 heavy (non-hydrogen) atoms. The highest BCUT2D eigenvalue weighted by atomic mass is 19.3. The van der Waals surface area contributed by atoms with Crippen molar-refractivity contribution < 1.29 is 19.1 Å². The van der Waals surface area contributed by atoms with Crippen molar-refractivity contribution in [2.24, 2.45) is 0 Å². The summed E-state index contributed by atoms with van der Waals surface area (Å²) in [5, 5.41) is 2.54. The highest BCUT2D eigenvalue weighted by molar-refractivity contribution is 5.96. The first kappa shape index (κ1) is 22.8. The Morgan fingerprint density at radius 3 is 1.97 bits per heavy atom. The zero-order valence-corrected chi connectivity index (χ0v) is 18.2. The lowest BCUT2D eigenvalue weighted by Gasteiger charge is -2.16. The molecule has 4 aromatic rings. The normalized spacial score (nSPS) is 11.4. The van der Waals surface area contributed by atoms with E-state index in [0.29, 0.717) is 17.8 Å². The first-order chi connectivity index (χ1) is 16.7. The Kier molecular flexibility index (Phi) is 7.35. The average Bonchev–Trinajstić information content (AvgIpc) is 2.91. The third-order valence-corrected chi connectivity index (χ3v) is 5.33. The van der Waals surface area contributed by atoms with E-state index in [9.17, 15) is 14.1 Å². The largest absolute Gasteiger partial charge is 0.370 e. The number of nitrogens with zero attached hydrogens (tertiary/aromatic N) is 2. The Hall–Kier alpha value is -4.39. The van der Waals surface area contributed by atoms with Gasteiger partial charge in [-0.3, -0.25) is 14.7 Å². The highest BCUT2D eigenvalue weighted by Gasteiger charge is 2.25. The zero-order valence-electron chi connectivity index (χ0n) is 18.2. The van der Waals surface area contributed by atoms with E-state index in [4.69, 9.17) is 0 Å². The molecule has 1 aromatic heterocycles. The molecule has 0 bridgehead atoms. The van der Waals surface area contributed by atoms with E-state index >= 15 is 0 Å². The van der Waals surface area contributed by atoms with Crippen LogP contribution in [0.25, 0.3) is 22.5 Å². The summed E-state index contributed by atoms with van der Waals surface area (Å²) in [5.74, 6) is -1.81. The molecule has 0 saturated carbocycles. The van der Waals surface area contributed by atoms with Crippen LogP contribution in [0.4, 0.5) is 4.53 Å². The fraction of sp³-hybridized carbons (Fsp3) is 0.111. The van der Waals surface area contributed by atoms with Crippen LogP contribution >= 0.6 is 0 Å². The van der Waals surface area contributed by atoms with E-state index in [1.165, 1.54) is 6.20 Å². The zero-order chi connectivity index (χ0) is 23.8. The SMILES string of the molecule is O=C(N[C@@H](CCc1ccccc1)C(=O)OF)c1cnc(-c2ccccc2)c(-c2ccccc2)n1. The Morgan fingerprint density at radius 1 is 0.824 bits per heavy atom. The minimum Gasteiger partial charge on any atom is -0.337 e. The molecule has 1 N–H and O–H groups in total. The number of aromatic nitrogens is 2. The smallest absolute Gasteiger partial charge is 0.337 e. The molecule has 0 fully saturated rings. The number of amides is 1. The number of aryl methyl sites for hydroxylation is 1. The van der Waals surface area contributed by atoms with Crippen molar-refractivity contribution in [2.75, 3.05) is 0 Å². The lowest BCUT2D eigenvalue weighted by atomic mass is 10.0. The summed E-state index contributed by atoms with van der Waals surface area (Å²) in [6.07, 6.45) is 1.97. The van der Waals surface area contributed by atoms with Crippen molar-refractivity contribution in [2.45, 2.75) is 18.9 Å². The number of halogens is 1. The van der Waals surface area contributed by atoms with Gasteiger partial charge in [-0.15, -0.1) is 0 Å². The van der Waals surface area contributed by atoms with Gasteiger partial charge in [0.1, 0.15) is 11.7 Å². The molecule has 0 spiro atoms. The molecule has 0 aliphatic heterocycles. The summed E-state index contributed by atoms with van der Waals surface area (Å²) in [6, 6.07) is 27.1. The van der Waals surface area contributed by atoms with E-state index in [-0.39, 0.29) is 12.1 Å². The summed E-state index contributed by atoms with van der Waals surface area (Å²) in [4.78, 5) is 37.4. The van der Waals surface area contributed by atoms with Crippen LogP contribution in [0.2, 0.25) is 0 Å². The predicted octanol–water partition coefficient (Wildman–Crippen LogP) is 4.97. The molecule has 170 valence electrons. The second-order valence-electron chi connectivity index (χ2n) is 7.63. The molecular weight excluding hydrogens is 433 g/mol. The van der Waals surface area contributed by atoms with E-state index in [2.05, 4.69) is 20.2 Å². The highest BCUT2D eigenvalue weighted by Crippen LogP contribution is 2.28. The van der Waals surface area contributed by atoms with Crippen molar-refractivity contribution in [3.63, 3.8) is 0 Å². The van der Waals surface area contributed by atoms with E-state index in [1.807, 2.05) is 91.0 Å². The van der Waals surface area contributed by atoms with Gasteiger partial charge >= 0.3 is 5.97 Å². The summed E-state index contributed by atoms with van der Waals surface area (Å²) in [7, 11) is 0. The molecule has 1 amide bonds. The average molecular weight is 455 g/mol. The van der Waals surface area contributed by atoms with E-state index in [1.54, 1.807) is 0 Å². The third-order valence-electron chi connectivity index (χ3n) is 5.33. The summed E-state index contributed by atoms with van der Waals surface area (Å²) in [6.45, 7) is 0. The summed E-state index contributed by atoms with van der Waals surface area (Å²) in [5.41, 5.74) is 3.73. The lowest BCUT2D eigenvalue weighted by Crippen LogP contribution is -2.41. The second kappa shape index (κ2) is 11.0. The molecular formula is C27H22FN3O3. The monoisotopic (exact) mass is 455 g/mol. The van der Waals surface area contributed by atoms with Gasteiger partial charge in [0.25, 0.3) is 5.91 Å². The maximum absolute atomic E-state index is 13.0. The van der Waals surface area contributed by atoms with Crippen LogP contribution in [0.1, 0.15) is 22.5 Å². The molecule has 4 rings (SSSR count).